The molecule has 1 heterocycles. The van der Waals surface area contributed by atoms with Crippen LogP contribution in [0.5, 0.6) is 0 Å². The summed E-state index contributed by atoms with van der Waals surface area (Å²) in [7, 11) is 1.59. The van der Waals surface area contributed by atoms with Crippen LogP contribution in [0.25, 0.3) is 0 Å². The third-order valence-corrected chi connectivity index (χ3v) is 2.49. The van der Waals surface area contributed by atoms with Gasteiger partial charge in [0, 0.05) is 32.1 Å². The number of aromatic nitrogens is 2. The molecule has 0 fully saturated rings. The normalized spacial score (nSPS) is 11.9. The van der Waals surface area contributed by atoms with E-state index < -0.39 is 0 Å². The Kier molecular flexibility index (Phi) is 6.07. The summed E-state index contributed by atoms with van der Waals surface area (Å²) in [6, 6.07) is 0.311. The summed E-state index contributed by atoms with van der Waals surface area (Å²) in [5.74, 6) is 0.347. The number of carbonyl (C=O) groups is 1. The second kappa shape index (κ2) is 7.60. The Labute approximate surface area is 107 Å². The molecule has 6 nitrogen and oxygen atoms in total. The van der Waals surface area contributed by atoms with Crippen LogP contribution in [0.4, 0.5) is 5.95 Å². The molecule has 1 unspecified atom stereocenters. The van der Waals surface area contributed by atoms with Gasteiger partial charge in [0.2, 0.25) is 5.95 Å². The summed E-state index contributed by atoms with van der Waals surface area (Å²) in [5, 5.41) is 5.84. The van der Waals surface area contributed by atoms with Crippen molar-refractivity contribution in [1.29, 1.82) is 0 Å². The summed E-state index contributed by atoms with van der Waals surface area (Å²) >= 11 is 0. The molecule has 0 saturated heterocycles. The van der Waals surface area contributed by atoms with Crippen molar-refractivity contribution in [3.05, 3.63) is 18.0 Å². The van der Waals surface area contributed by atoms with E-state index in [1.54, 1.807) is 7.11 Å². The maximum atomic E-state index is 11.6. The lowest BCUT2D eigenvalue weighted by Gasteiger charge is -2.11. The number of carbonyl (C=O) groups excluding carboxylic acids is 1. The van der Waals surface area contributed by atoms with Crippen molar-refractivity contribution in [2.24, 2.45) is 0 Å². The summed E-state index contributed by atoms with van der Waals surface area (Å²) < 4.78 is 4.85. The molecule has 1 aromatic rings. The Bertz CT molecular complexity index is 367. The lowest BCUT2D eigenvalue weighted by Crippen LogP contribution is -2.27. The van der Waals surface area contributed by atoms with Crippen LogP contribution in [0.1, 0.15) is 30.6 Å². The van der Waals surface area contributed by atoms with Crippen LogP contribution in [0, 0.1) is 0 Å². The van der Waals surface area contributed by atoms with Gasteiger partial charge in [-0.05, 0) is 13.3 Å². The number of rotatable bonds is 7. The zero-order valence-corrected chi connectivity index (χ0v) is 11.1. The smallest absolute Gasteiger partial charge is 0.254 e. The van der Waals surface area contributed by atoms with Crippen LogP contribution in [0.3, 0.4) is 0 Å². The van der Waals surface area contributed by atoms with Crippen molar-refractivity contribution in [3.8, 4) is 0 Å². The molecule has 1 amide bonds. The molecule has 0 bridgehead atoms. The lowest BCUT2D eigenvalue weighted by atomic mass is 10.3. The highest BCUT2D eigenvalue weighted by Crippen LogP contribution is 2.03. The molecule has 1 rings (SSSR count). The van der Waals surface area contributed by atoms with E-state index >= 15 is 0 Å². The van der Waals surface area contributed by atoms with Crippen LogP contribution >= 0.6 is 0 Å². The Morgan fingerprint density at radius 1 is 1.44 bits per heavy atom. The highest BCUT2D eigenvalue weighted by atomic mass is 16.5. The van der Waals surface area contributed by atoms with Gasteiger partial charge in [0.15, 0.2) is 0 Å². The van der Waals surface area contributed by atoms with Crippen molar-refractivity contribution >= 4 is 11.9 Å². The number of hydrogen-bond acceptors (Lipinski definition) is 5. The summed E-state index contributed by atoms with van der Waals surface area (Å²) in [6.07, 6.45) is 4.02. The first-order chi connectivity index (χ1) is 8.67. The van der Waals surface area contributed by atoms with E-state index in [0.29, 0.717) is 30.7 Å². The highest BCUT2D eigenvalue weighted by Gasteiger charge is 2.07. The molecular formula is C12H20N4O2. The number of nitrogens with zero attached hydrogens (tertiary/aromatic N) is 2. The molecule has 0 aliphatic heterocycles. The van der Waals surface area contributed by atoms with Crippen molar-refractivity contribution in [3.63, 3.8) is 0 Å². The number of amides is 1. The van der Waals surface area contributed by atoms with E-state index in [2.05, 4.69) is 34.4 Å². The number of anilines is 1. The molecule has 100 valence electrons. The van der Waals surface area contributed by atoms with Gasteiger partial charge < -0.3 is 15.4 Å². The minimum Gasteiger partial charge on any atom is -0.383 e. The minimum atomic E-state index is -0.192. The fraction of sp³-hybridized carbons (Fsp3) is 0.583. The quantitative estimate of drug-likeness (QED) is 0.710. The van der Waals surface area contributed by atoms with Crippen LogP contribution in [-0.4, -0.2) is 42.2 Å². The molecule has 6 heteroatoms. The van der Waals surface area contributed by atoms with E-state index in [0.717, 1.165) is 6.42 Å². The van der Waals surface area contributed by atoms with Gasteiger partial charge in [0.1, 0.15) is 0 Å². The number of nitrogens with one attached hydrogen (secondary N) is 2. The van der Waals surface area contributed by atoms with Crippen molar-refractivity contribution in [1.82, 2.24) is 15.3 Å². The Morgan fingerprint density at radius 2 is 2.11 bits per heavy atom. The molecule has 2 N–H and O–H groups in total. The molecule has 1 atom stereocenters. The maximum Gasteiger partial charge on any atom is 0.254 e. The summed E-state index contributed by atoms with van der Waals surface area (Å²) in [5.41, 5.74) is 0.445. The topological polar surface area (TPSA) is 76.1 Å². The van der Waals surface area contributed by atoms with Gasteiger partial charge in [0.05, 0.1) is 12.2 Å². The third-order valence-electron chi connectivity index (χ3n) is 2.49. The van der Waals surface area contributed by atoms with Crippen LogP contribution in [0.2, 0.25) is 0 Å². The van der Waals surface area contributed by atoms with Gasteiger partial charge in [-0.3, -0.25) is 4.79 Å². The Balaban J connectivity index is 2.51. The van der Waals surface area contributed by atoms with Crippen molar-refractivity contribution in [2.75, 3.05) is 25.6 Å². The monoisotopic (exact) mass is 252 g/mol. The van der Waals surface area contributed by atoms with E-state index in [4.69, 9.17) is 4.74 Å². The van der Waals surface area contributed by atoms with Crippen LogP contribution < -0.4 is 10.6 Å². The number of ether oxygens (including phenoxy) is 1. The standard InChI is InChI=1S/C12H20N4O2/c1-4-9(2)16-12-14-7-10(8-15-12)11(17)13-5-6-18-3/h7-9H,4-6H2,1-3H3,(H,13,17)(H,14,15,16). The zero-order valence-electron chi connectivity index (χ0n) is 11.1. The van der Waals surface area contributed by atoms with Crippen molar-refractivity contribution < 1.29 is 9.53 Å². The highest BCUT2D eigenvalue weighted by molar-refractivity contribution is 5.93. The van der Waals surface area contributed by atoms with Gasteiger partial charge in [0.25, 0.3) is 5.91 Å². The lowest BCUT2D eigenvalue weighted by molar-refractivity contribution is 0.0936. The van der Waals surface area contributed by atoms with E-state index in [1.165, 1.54) is 12.4 Å². The molecule has 18 heavy (non-hydrogen) atoms. The van der Waals surface area contributed by atoms with E-state index in [1.807, 2.05) is 0 Å². The molecule has 1 aromatic heterocycles. The molecule has 0 aliphatic rings. The predicted octanol–water partition coefficient (Wildman–Crippen LogP) is 1.06. The van der Waals surface area contributed by atoms with Gasteiger partial charge in [-0.15, -0.1) is 0 Å². The average Bonchev–Trinajstić information content (AvgIpc) is 2.39. The molecular weight excluding hydrogens is 232 g/mol. The second-order valence-corrected chi connectivity index (χ2v) is 4.00. The predicted molar refractivity (Wildman–Crippen MR) is 69.6 cm³/mol. The van der Waals surface area contributed by atoms with Gasteiger partial charge >= 0.3 is 0 Å². The number of methoxy groups -OCH3 is 1. The minimum absolute atomic E-state index is 0.192. The fourth-order valence-electron chi connectivity index (χ4n) is 1.21. The van der Waals surface area contributed by atoms with Gasteiger partial charge in [-0.1, -0.05) is 6.92 Å². The molecule has 0 aliphatic carbocycles. The van der Waals surface area contributed by atoms with E-state index in [-0.39, 0.29) is 5.91 Å². The fourth-order valence-corrected chi connectivity index (χ4v) is 1.21. The largest absolute Gasteiger partial charge is 0.383 e. The van der Waals surface area contributed by atoms with Gasteiger partial charge in [-0.25, -0.2) is 9.97 Å². The second-order valence-electron chi connectivity index (χ2n) is 4.00. The summed E-state index contributed by atoms with van der Waals surface area (Å²) in [4.78, 5) is 19.8. The van der Waals surface area contributed by atoms with Crippen molar-refractivity contribution in [2.45, 2.75) is 26.3 Å². The van der Waals surface area contributed by atoms with Gasteiger partial charge in [-0.2, -0.15) is 0 Å². The Hall–Kier alpha value is -1.69. The third kappa shape index (κ3) is 4.67. The maximum absolute atomic E-state index is 11.6. The van der Waals surface area contributed by atoms with E-state index in [9.17, 15) is 4.79 Å². The molecule has 0 saturated carbocycles. The first-order valence-electron chi connectivity index (χ1n) is 6.03. The zero-order chi connectivity index (χ0) is 13.4. The Morgan fingerprint density at radius 3 is 2.67 bits per heavy atom. The molecule has 0 spiro atoms. The van der Waals surface area contributed by atoms with Crippen LogP contribution in [0.15, 0.2) is 12.4 Å². The number of hydrogen-bond donors (Lipinski definition) is 2. The van der Waals surface area contributed by atoms with Crippen LogP contribution in [-0.2, 0) is 4.74 Å². The first kappa shape index (κ1) is 14.4. The average molecular weight is 252 g/mol. The summed E-state index contributed by atoms with van der Waals surface area (Å²) in [6.45, 7) is 5.09. The first-order valence-corrected chi connectivity index (χ1v) is 6.03. The molecule has 0 aromatic carbocycles. The SMILES string of the molecule is CCC(C)Nc1ncc(C(=O)NCCOC)cn1. The molecule has 0 radical (unpaired) electrons.